The van der Waals surface area contributed by atoms with Crippen molar-refractivity contribution in [2.45, 2.75) is 52.2 Å². The highest BCUT2D eigenvalue weighted by atomic mass is 32.1. The molecule has 0 aromatic carbocycles. The third-order valence-corrected chi connectivity index (χ3v) is 5.97. The minimum Gasteiger partial charge on any atom is -0.352 e. The monoisotopic (exact) mass is 374 g/mol. The largest absolute Gasteiger partial charge is 0.352 e. The quantitative estimate of drug-likeness (QED) is 0.861. The van der Waals surface area contributed by atoms with Crippen LogP contribution in [-0.4, -0.2) is 46.0 Å². The third-order valence-electron chi connectivity index (χ3n) is 4.75. The Hall–Kier alpha value is -2.12. The molecule has 0 unspecified atom stereocenters. The Bertz CT molecular complexity index is 810. The maximum atomic E-state index is 13.4. The van der Waals surface area contributed by atoms with Crippen LogP contribution in [0.1, 0.15) is 41.1 Å². The summed E-state index contributed by atoms with van der Waals surface area (Å²) >= 11 is 1.59. The molecule has 26 heavy (non-hydrogen) atoms. The number of aromatic nitrogens is 1. The normalized spacial score (nSPS) is 20.0. The summed E-state index contributed by atoms with van der Waals surface area (Å²) in [7, 11) is 0. The van der Waals surface area contributed by atoms with Crippen molar-refractivity contribution in [2.75, 3.05) is 6.54 Å². The Morgan fingerprint density at radius 2 is 1.92 bits per heavy atom. The number of nitrogens with zero attached hydrogens (tertiary/aromatic N) is 2. The lowest BCUT2D eigenvalue weighted by molar-refractivity contribution is -0.125. The fraction of sp³-hybridized carbons (Fsp3) is 0.474. The van der Waals surface area contributed by atoms with E-state index < -0.39 is 6.04 Å². The van der Waals surface area contributed by atoms with Gasteiger partial charge in [-0.2, -0.15) is 0 Å². The zero-order chi connectivity index (χ0) is 19.0. The lowest BCUT2D eigenvalue weighted by Gasteiger charge is -2.25. The molecule has 0 spiro atoms. The summed E-state index contributed by atoms with van der Waals surface area (Å²) in [5.74, 6) is -0.249. The highest BCUT2D eigenvalue weighted by molar-refractivity contribution is 7.15. The standard InChI is InChI=1S/C19H26N4O2S/c1-11(2)21-17(24)15-9-14(20)10-23(15)18(25)16-12(3)13(4)26-19(16)22-7-5-6-8-22/h5-8,11,14-15H,9-10,20H2,1-4H3,(H,21,24)/t14-,15-/m0/s1. The summed E-state index contributed by atoms with van der Waals surface area (Å²) in [6.45, 7) is 8.20. The molecule has 1 aliphatic heterocycles. The van der Waals surface area contributed by atoms with E-state index in [0.717, 1.165) is 15.4 Å². The molecular formula is C19H26N4O2S. The van der Waals surface area contributed by atoms with E-state index in [0.29, 0.717) is 18.5 Å². The number of hydrogen-bond donors (Lipinski definition) is 2. The van der Waals surface area contributed by atoms with Crippen molar-refractivity contribution < 1.29 is 9.59 Å². The maximum absolute atomic E-state index is 13.4. The number of nitrogens with two attached hydrogens (primary N) is 1. The predicted molar refractivity (Wildman–Crippen MR) is 104 cm³/mol. The lowest BCUT2D eigenvalue weighted by Crippen LogP contribution is -2.47. The van der Waals surface area contributed by atoms with Crippen LogP contribution in [-0.2, 0) is 4.79 Å². The molecule has 3 rings (SSSR count). The molecule has 3 N–H and O–H groups in total. The van der Waals surface area contributed by atoms with E-state index >= 15 is 0 Å². The highest BCUT2D eigenvalue weighted by Gasteiger charge is 2.40. The second-order valence-electron chi connectivity index (χ2n) is 7.19. The van der Waals surface area contributed by atoms with Gasteiger partial charge in [-0.15, -0.1) is 11.3 Å². The maximum Gasteiger partial charge on any atom is 0.257 e. The molecule has 1 fully saturated rings. The summed E-state index contributed by atoms with van der Waals surface area (Å²) in [4.78, 5) is 28.8. The Kier molecular flexibility index (Phi) is 5.20. The van der Waals surface area contributed by atoms with Crippen LogP contribution in [0.15, 0.2) is 24.5 Å². The molecule has 2 amide bonds. The van der Waals surface area contributed by atoms with Crippen LogP contribution in [0.4, 0.5) is 0 Å². The Balaban J connectivity index is 1.97. The van der Waals surface area contributed by atoms with Gasteiger partial charge in [0.25, 0.3) is 5.91 Å². The fourth-order valence-corrected chi connectivity index (χ4v) is 4.49. The van der Waals surface area contributed by atoms with Gasteiger partial charge in [0.2, 0.25) is 5.91 Å². The summed E-state index contributed by atoms with van der Waals surface area (Å²) in [5.41, 5.74) is 7.73. The molecule has 2 aromatic rings. The Morgan fingerprint density at radius 3 is 2.54 bits per heavy atom. The van der Waals surface area contributed by atoms with Crippen molar-refractivity contribution in [3.63, 3.8) is 0 Å². The third kappa shape index (κ3) is 3.41. The number of aryl methyl sites for hydroxylation is 1. The molecule has 2 aromatic heterocycles. The van der Waals surface area contributed by atoms with E-state index in [9.17, 15) is 9.59 Å². The Labute approximate surface area is 158 Å². The minimum absolute atomic E-state index is 0.0249. The van der Waals surface area contributed by atoms with Crippen LogP contribution in [0.25, 0.3) is 5.00 Å². The fourth-order valence-electron chi connectivity index (χ4n) is 3.38. The molecule has 2 atom stereocenters. The summed E-state index contributed by atoms with van der Waals surface area (Å²) < 4.78 is 1.96. The SMILES string of the molecule is Cc1sc(-n2cccc2)c(C(=O)N2C[C@@H](N)C[C@H]2C(=O)NC(C)C)c1C. The van der Waals surface area contributed by atoms with Crippen molar-refractivity contribution in [1.82, 2.24) is 14.8 Å². The first kappa shape index (κ1) is 18.7. The second-order valence-corrected chi connectivity index (χ2v) is 8.39. The van der Waals surface area contributed by atoms with Crippen LogP contribution in [0, 0.1) is 13.8 Å². The average molecular weight is 375 g/mol. The smallest absolute Gasteiger partial charge is 0.257 e. The van der Waals surface area contributed by atoms with Crippen molar-refractivity contribution >= 4 is 23.2 Å². The van der Waals surface area contributed by atoms with Crippen LogP contribution < -0.4 is 11.1 Å². The van der Waals surface area contributed by atoms with Crippen molar-refractivity contribution in [3.05, 3.63) is 40.5 Å². The number of hydrogen-bond acceptors (Lipinski definition) is 4. The number of carbonyl (C=O) groups excluding carboxylic acids is 2. The van der Waals surface area contributed by atoms with Gasteiger partial charge in [-0.05, 0) is 51.8 Å². The van der Waals surface area contributed by atoms with Crippen molar-refractivity contribution in [1.29, 1.82) is 0 Å². The van der Waals surface area contributed by atoms with Crippen LogP contribution in [0.5, 0.6) is 0 Å². The van der Waals surface area contributed by atoms with Gasteiger partial charge in [0.1, 0.15) is 11.0 Å². The number of thiophene rings is 1. The number of nitrogens with one attached hydrogen (secondary N) is 1. The van der Waals surface area contributed by atoms with Crippen LogP contribution in [0.3, 0.4) is 0 Å². The summed E-state index contributed by atoms with van der Waals surface area (Å²) in [6, 6.07) is 3.19. The highest BCUT2D eigenvalue weighted by Crippen LogP contribution is 2.33. The van der Waals surface area contributed by atoms with Gasteiger partial charge < -0.3 is 20.5 Å². The van der Waals surface area contributed by atoms with E-state index in [1.807, 2.05) is 56.8 Å². The van der Waals surface area contributed by atoms with Crippen LogP contribution >= 0.6 is 11.3 Å². The number of likely N-dealkylation sites (tertiary alicyclic amines) is 1. The zero-order valence-corrected chi connectivity index (χ0v) is 16.5. The van der Waals surface area contributed by atoms with E-state index in [1.165, 1.54) is 0 Å². The Morgan fingerprint density at radius 1 is 1.27 bits per heavy atom. The van der Waals surface area contributed by atoms with Gasteiger partial charge in [-0.1, -0.05) is 0 Å². The van der Waals surface area contributed by atoms with Gasteiger partial charge in [0, 0.05) is 35.9 Å². The second kappa shape index (κ2) is 7.25. The molecule has 140 valence electrons. The van der Waals surface area contributed by atoms with Gasteiger partial charge in [0.15, 0.2) is 0 Å². The first-order valence-electron chi connectivity index (χ1n) is 8.89. The molecule has 0 bridgehead atoms. The van der Waals surface area contributed by atoms with E-state index in [4.69, 9.17) is 5.73 Å². The number of amides is 2. The summed E-state index contributed by atoms with van der Waals surface area (Å²) in [6.07, 6.45) is 4.35. The molecule has 0 saturated carbocycles. The molecule has 6 nitrogen and oxygen atoms in total. The van der Waals surface area contributed by atoms with Crippen LogP contribution in [0.2, 0.25) is 0 Å². The summed E-state index contributed by atoms with van der Waals surface area (Å²) in [5, 5.41) is 3.80. The van der Waals surface area contributed by atoms with Gasteiger partial charge >= 0.3 is 0 Å². The topological polar surface area (TPSA) is 80.4 Å². The van der Waals surface area contributed by atoms with Gasteiger partial charge in [-0.3, -0.25) is 9.59 Å². The van der Waals surface area contributed by atoms with E-state index in [-0.39, 0.29) is 23.9 Å². The number of rotatable bonds is 4. The number of carbonyl (C=O) groups is 2. The van der Waals surface area contributed by atoms with E-state index in [1.54, 1.807) is 16.2 Å². The minimum atomic E-state index is -0.517. The van der Waals surface area contributed by atoms with Crippen molar-refractivity contribution in [3.8, 4) is 5.00 Å². The van der Waals surface area contributed by atoms with Crippen molar-refractivity contribution in [2.24, 2.45) is 5.73 Å². The molecular weight excluding hydrogens is 348 g/mol. The van der Waals surface area contributed by atoms with Gasteiger partial charge in [-0.25, -0.2) is 0 Å². The first-order chi connectivity index (χ1) is 12.3. The lowest BCUT2D eigenvalue weighted by atomic mass is 10.1. The molecule has 0 radical (unpaired) electrons. The predicted octanol–water partition coefficient (Wildman–Crippen LogP) is 2.22. The van der Waals surface area contributed by atoms with E-state index in [2.05, 4.69) is 5.32 Å². The van der Waals surface area contributed by atoms with Gasteiger partial charge in [0.05, 0.1) is 5.56 Å². The molecule has 7 heteroatoms. The first-order valence-corrected chi connectivity index (χ1v) is 9.71. The zero-order valence-electron chi connectivity index (χ0n) is 15.7. The molecule has 3 heterocycles. The molecule has 0 aliphatic carbocycles. The average Bonchev–Trinajstić information content (AvgIpc) is 3.27. The molecule has 1 saturated heterocycles. The molecule has 1 aliphatic rings.